The van der Waals surface area contributed by atoms with Gasteiger partial charge in [0.25, 0.3) is 0 Å². The van der Waals surface area contributed by atoms with Gasteiger partial charge in [-0.3, -0.25) is 0 Å². The SMILES string of the molecule is NCCC1CN(Cc2ccc(F)cc2F)c2ccccc21. The van der Waals surface area contributed by atoms with Crippen molar-refractivity contribution >= 4 is 5.69 Å². The second kappa shape index (κ2) is 5.82. The Bertz CT molecular complexity index is 642. The van der Waals surface area contributed by atoms with Crippen LogP contribution in [0.25, 0.3) is 0 Å². The molecule has 2 aromatic carbocycles. The van der Waals surface area contributed by atoms with Gasteiger partial charge in [-0.1, -0.05) is 24.3 Å². The molecule has 0 bridgehead atoms. The largest absolute Gasteiger partial charge is 0.366 e. The van der Waals surface area contributed by atoms with Crippen molar-refractivity contribution in [3.05, 3.63) is 65.2 Å². The van der Waals surface area contributed by atoms with Gasteiger partial charge in [0.05, 0.1) is 0 Å². The van der Waals surface area contributed by atoms with Crippen molar-refractivity contribution in [1.82, 2.24) is 0 Å². The maximum atomic E-state index is 13.8. The fraction of sp³-hybridized carbons (Fsp3) is 0.294. The molecule has 1 heterocycles. The first-order valence-corrected chi connectivity index (χ1v) is 7.17. The molecule has 4 heteroatoms. The van der Waals surface area contributed by atoms with Crippen LogP contribution in [0.4, 0.5) is 14.5 Å². The normalized spacial score (nSPS) is 17.1. The molecule has 2 aromatic rings. The molecule has 0 radical (unpaired) electrons. The highest BCUT2D eigenvalue weighted by atomic mass is 19.1. The van der Waals surface area contributed by atoms with Crippen molar-refractivity contribution in [3.8, 4) is 0 Å². The molecule has 1 aliphatic heterocycles. The molecular formula is C17H18F2N2. The summed E-state index contributed by atoms with van der Waals surface area (Å²) in [4.78, 5) is 2.14. The van der Waals surface area contributed by atoms with Gasteiger partial charge in [-0.2, -0.15) is 0 Å². The monoisotopic (exact) mass is 288 g/mol. The van der Waals surface area contributed by atoms with E-state index in [0.717, 1.165) is 24.7 Å². The number of rotatable bonds is 4. The summed E-state index contributed by atoms with van der Waals surface area (Å²) in [7, 11) is 0. The summed E-state index contributed by atoms with van der Waals surface area (Å²) < 4.78 is 26.8. The number of fused-ring (bicyclic) bond motifs is 1. The van der Waals surface area contributed by atoms with E-state index in [-0.39, 0.29) is 0 Å². The number of anilines is 1. The fourth-order valence-corrected chi connectivity index (χ4v) is 3.04. The minimum Gasteiger partial charge on any atom is -0.366 e. The second-order valence-electron chi connectivity index (χ2n) is 5.45. The van der Waals surface area contributed by atoms with E-state index in [1.807, 2.05) is 18.2 Å². The van der Waals surface area contributed by atoms with Crippen molar-refractivity contribution in [2.24, 2.45) is 5.73 Å². The Balaban J connectivity index is 1.86. The van der Waals surface area contributed by atoms with Crippen LogP contribution in [0.15, 0.2) is 42.5 Å². The highest BCUT2D eigenvalue weighted by molar-refractivity contribution is 5.60. The first kappa shape index (κ1) is 14.0. The molecule has 0 saturated heterocycles. The van der Waals surface area contributed by atoms with E-state index in [1.165, 1.54) is 17.7 Å². The Labute approximate surface area is 123 Å². The van der Waals surface area contributed by atoms with Crippen LogP contribution >= 0.6 is 0 Å². The zero-order chi connectivity index (χ0) is 14.8. The van der Waals surface area contributed by atoms with Gasteiger partial charge in [-0.15, -0.1) is 0 Å². The Kier molecular flexibility index (Phi) is 3.88. The molecule has 1 aliphatic rings. The zero-order valence-corrected chi connectivity index (χ0v) is 11.7. The van der Waals surface area contributed by atoms with Gasteiger partial charge < -0.3 is 10.6 Å². The second-order valence-corrected chi connectivity index (χ2v) is 5.45. The van der Waals surface area contributed by atoms with Gasteiger partial charge in [0.2, 0.25) is 0 Å². The molecule has 0 spiro atoms. The summed E-state index contributed by atoms with van der Waals surface area (Å²) >= 11 is 0. The van der Waals surface area contributed by atoms with E-state index in [2.05, 4.69) is 11.0 Å². The van der Waals surface area contributed by atoms with Crippen LogP contribution in [-0.4, -0.2) is 13.1 Å². The number of nitrogens with zero attached hydrogens (tertiary/aromatic N) is 1. The van der Waals surface area contributed by atoms with Gasteiger partial charge in [0, 0.05) is 36.3 Å². The summed E-state index contributed by atoms with van der Waals surface area (Å²) in [6.45, 7) is 1.91. The molecule has 21 heavy (non-hydrogen) atoms. The highest BCUT2D eigenvalue weighted by Crippen LogP contribution is 2.38. The molecule has 1 atom stereocenters. The van der Waals surface area contributed by atoms with Gasteiger partial charge in [-0.05, 0) is 30.7 Å². The van der Waals surface area contributed by atoms with Crippen molar-refractivity contribution < 1.29 is 8.78 Å². The van der Waals surface area contributed by atoms with Crippen molar-refractivity contribution in [2.75, 3.05) is 18.0 Å². The predicted molar refractivity (Wildman–Crippen MR) is 80.3 cm³/mol. The number of benzene rings is 2. The Hall–Kier alpha value is -1.94. The van der Waals surface area contributed by atoms with Crippen molar-refractivity contribution in [1.29, 1.82) is 0 Å². The van der Waals surface area contributed by atoms with E-state index in [9.17, 15) is 8.78 Å². The van der Waals surface area contributed by atoms with Crippen LogP contribution in [0.1, 0.15) is 23.5 Å². The lowest BCUT2D eigenvalue weighted by Crippen LogP contribution is -2.22. The fourth-order valence-electron chi connectivity index (χ4n) is 3.04. The lowest BCUT2D eigenvalue weighted by atomic mass is 9.98. The third-order valence-electron chi connectivity index (χ3n) is 4.05. The summed E-state index contributed by atoms with van der Waals surface area (Å²) in [6, 6.07) is 11.9. The Morgan fingerprint density at radius 3 is 2.71 bits per heavy atom. The number of hydrogen-bond acceptors (Lipinski definition) is 2. The van der Waals surface area contributed by atoms with Gasteiger partial charge in [0.1, 0.15) is 11.6 Å². The molecule has 0 saturated carbocycles. The third kappa shape index (κ3) is 2.76. The average Bonchev–Trinajstić information content (AvgIpc) is 2.81. The molecule has 110 valence electrons. The average molecular weight is 288 g/mol. The summed E-state index contributed by atoms with van der Waals surface area (Å²) in [5.41, 5.74) is 8.59. The number of nitrogens with two attached hydrogens (primary N) is 1. The van der Waals surface area contributed by atoms with Crippen molar-refractivity contribution in [3.63, 3.8) is 0 Å². The number of hydrogen-bond donors (Lipinski definition) is 1. The molecule has 0 aliphatic carbocycles. The number of halogens is 2. The molecule has 2 N–H and O–H groups in total. The van der Waals surface area contributed by atoms with E-state index in [4.69, 9.17) is 5.73 Å². The molecule has 0 fully saturated rings. The molecule has 1 unspecified atom stereocenters. The van der Waals surface area contributed by atoms with E-state index >= 15 is 0 Å². The molecule has 2 nitrogen and oxygen atoms in total. The van der Waals surface area contributed by atoms with E-state index in [1.54, 1.807) is 0 Å². The molecule has 0 aromatic heterocycles. The Morgan fingerprint density at radius 2 is 1.95 bits per heavy atom. The smallest absolute Gasteiger partial charge is 0.131 e. The molecular weight excluding hydrogens is 270 g/mol. The zero-order valence-electron chi connectivity index (χ0n) is 11.7. The van der Waals surface area contributed by atoms with Gasteiger partial charge in [-0.25, -0.2) is 8.78 Å². The van der Waals surface area contributed by atoms with Crippen molar-refractivity contribution in [2.45, 2.75) is 18.9 Å². The molecule has 3 rings (SSSR count). The minimum atomic E-state index is -0.543. The summed E-state index contributed by atoms with van der Waals surface area (Å²) in [6.07, 6.45) is 0.916. The van der Waals surface area contributed by atoms with Gasteiger partial charge >= 0.3 is 0 Å². The summed E-state index contributed by atoms with van der Waals surface area (Å²) in [5.74, 6) is -0.649. The van der Waals surface area contributed by atoms with Crippen LogP contribution in [0.3, 0.4) is 0 Å². The standard InChI is InChI=1S/C17H18F2N2/c18-14-6-5-13(16(19)9-14)11-21-10-12(7-8-20)15-3-1-2-4-17(15)21/h1-6,9,12H,7-8,10-11,20H2. The predicted octanol–water partition coefficient (Wildman–Crippen LogP) is 3.42. The Morgan fingerprint density at radius 1 is 1.14 bits per heavy atom. The van der Waals surface area contributed by atoms with Crippen LogP contribution in [0.5, 0.6) is 0 Å². The van der Waals surface area contributed by atoms with Crippen LogP contribution in [0, 0.1) is 11.6 Å². The van der Waals surface area contributed by atoms with Gasteiger partial charge in [0.15, 0.2) is 0 Å². The minimum absolute atomic E-state index is 0.384. The molecule has 0 amide bonds. The van der Waals surface area contributed by atoms with Crippen LogP contribution in [0.2, 0.25) is 0 Å². The van der Waals surface area contributed by atoms with E-state index in [0.29, 0.717) is 24.6 Å². The lowest BCUT2D eigenvalue weighted by Gasteiger charge is -2.20. The summed E-state index contributed by atoms with van der Waals surface area (Å²) in [5, 5.41) is 0. The lowest BCUT2D eigenvalue weighted by molar-refractivity contribution is 0.567. The third-order valence-corrected chi connectivity index (χ3v) is 4.05. The maximum absolute atomic E-state index is 13.8. The number of para-hydroxylation sites is 1. The van der Waals surface area contributed by atoms with E-state index < -0.39 is 11.6 Å². The first-order valence-electron chi connectivity index (χ1n) is 7.17. The van der Waals surface area contributed by atoms with Crippen LogP contribution < -0.4 is 10.6 Å². The van der Waals surface area contributed by atoms with Crippen LogP contribution in [-0.2, 0) is 6.54 Å². The topological polar surface area (TPSA) is 29.3 Å². The maximum Gasteiger partial charge on any atom is 0.131 e. The first-order chi connectivity index (χ1) is 10.2. The quantitative estimate of drug-likeness (QED) is 0.934. The highest BCUT2D eigenvalue weighted by Gasteiger charge is 2.27.